The molecular formula is C16H17BrN2O4S. The van der Waals surface area contributed by atoms with Crippen molar-refractivity contribution in [2.75, 3.05) is 0 Å². The number of amides is 2. The number of halogens is 1. The summed E-state index contributed by atoms with van der Waals surface area (Å²) in [7, 11) is 0. The van der Waals surface area contributed by atoms with E-state index >= 15 is 0 Å². The van der Waals surface area contributed by atoms with Crippen LogP contribution in [0.1, 0.15) is 31.1 Å². The highest BCUT2D eigenvalue weighted by atomic mass is 79.9. The number of carbonyl (C=O) groups excluding carboxylic acids is 2. The molecule has 0 radical (unpaired) electrons. The van der Waals surface area contributed by atoms with Crippen molar-refractivity contribution in [2.24, 2.45) is 0 Å². The number of thioether (sulfide) groups is 1. The number of hydrogen-bond donors (Lipinski definition) is 2. The molecule has 0 aliphatic carbocycles. The molecule has 2 fully saturated rings. The van der Waals surface area contributed by atoms with Crippen molar-refractivity contribution in [1.82, 2.24) is 10.2 Å². The second-order valence-corrected chi connectivity index (χ2v) is 9.34. The van der Waals surface area contributed by atoms with E-state index in [0.717, 1.165) is 4.47 Å². The summed E-state index contributed by atoms with van der Waals surface area (Å²) in [5.74, 6) is -1.74. The van der Waals surface area contributed by atoms with Gasteiger partial charge in [0.15, 0.2) is 0 Å². The first-order valence-corrected chi connectivity index (χ1v) is 9.06. The Morgan fingerprint density at radius 3 is 2.58 bits per heavy atom. The van der Waals surface area contributed by atoms with Gasteiger partial charge in [0.1, 0.15) is 17.0 Å². The number of nitrogens with zero attached hydrogens (tertiary/aromatic N) is 1. The van der Waals surface area contributed by atoms with Gasteiger partial charge in [-0.25, -0.2) is 4.79 Å². The Labute approximate surface area is 152 Å². The summed E-state index contributed by atoms with van der Waals surface area (Å²) in [6.07, 6.45) is 0. The van der Waals surface area contributed by atoms with Gasteiger partial charge in [-0.15, -0.1) is 11.8 Å². The molecule has 8 heteroatoms. The number of β-lactam (4-membered cyclic amide) rings is 1. The predicted octanol–water partition coefficient (Wildman–Crippen LogP) is 2.08. The minimum Gasteiger partial charge on any atom is -0.480 e. The third kappa shape index (κ3) is 2.43. The minimum absolute atomic E-state index is 0.357. The van der Waals surface area contributed by atoms with Gasteiger partial charge in [-0.05, 0) is 39.0 Å². The Morgan fingerprint density at radius 1 is 1.33 bits per heavy atom. The van der Waals surface area contributed by atoms with Gasteiger partial charge in [0, 0.05) is 14.8 Å². The number of nitrogens with one attached hydrogen (secondary N) is 1. The largest absolute Gasteiger partial charge is 0.480 e. The standard InChI is InChI=1S/C16H17BrN2O4S/c1-15(2)10(12(21)22)19-13(23)16(3,14(19)24-15)18-11(20)8-5-4-6-9(17)7-8/h4-7,10,14H,1-3H3,(H,18,20)(H,21,22)/t10-,14+,16?/m0/s1. The fourth-order valence-electron chi connectivity index (χ4n) is 3.28. The Kier molecular flexibility index (Phi) is 3.95. The molecule has 0 spiro atoms. The van der Waals surface area contributed by atoms with Crippen molar-refractivity contribution in [3.05, 3.63) is 34.3 Å². The van der Waals surface area contributed by atoms with Crippen molar-refractivity contribution in [2.45, 2.75) is 42.5 Å². The first-order chi connectivity index (χ1) is 11.1. The normalized spacial score (nSPS) is 30.5. The zero-order chi connectivity index (χ0) is 17.9. The van der Waals surface area contributed by atoms with Crippen LogP contribution in [0.15, 0.2) is 28.7 Å². The van der Waals surface area contributed by atoms with E-state index in [1.165, 1.54) is 16.7 Å². The van der Waals surface area contributed by atoms with E-state index in [0.29, 0.717) is 5.56 Å². The van der Waals surface area contributed by atoms with E-state index in [9.17, 15) is 19.5 Å². The highest BCUT2D eigenvalue weighted by molar-refractivity contribution is 9.10. The second-order valence-electron chi connectivity index (χ2n) is 6.69. The number of fused-ring (bicyclic) bond motifs is 1. The number of carboxylic acid groups (broad SMARTS) is 1. The summed E-state index contributed by atoms with van der Waals surface area (Å²) in [5, 5.41) is 11.8. The Hall–Kier alpha value is -1.54. The number of carbonyl (C=O) groups is 3. The molecule has 0 aromatic heterocycles. The van der Waals surface area contributed by atoms with Crippen LogP contribution in [0.5, 0.6) is 0 Å². The van der Waals surface area contributed by atoms with Crippen LogP contribution in [0.2, 0.25) is 0 Å². The maximum atomic E-state index is 12.6. The molecule has 2 aliphatic heterocycles. The lowest BCUT2D eigenvalue weighted by molar-refractivity contribution is -0.165. The van der Waals surface area contributed by atoms with Gasteiger partial charge >= 0.3 is 5.97 Å². The molecule has 1 unspecified atom stereocenters. The fraction of sp³-hybridized carbons (Fsp3) is 0.438. The van der Waals surface area contributed by atoms with E-state index < -0.39 is 27.7 Å². The molecule has 1 aromatic carbocycles. The highest BCUT2D eigenvalue weighted by Crippen LogP contribution is 2.54. The summed E-state index contributed by atoms with van der Waals surface area (Å²) in [4.78, 5) is 38.0. The molecule has 2 saturated heterocycles. The Bertz CT molecular complexity index is 753. The van der Waals surface area contributed by atoms with E-state index in [2.05, 4.69) is 21.2 Å². The Morgan fingerprint density at radius 2 is 2.00 bits per heavy atom. The molecule has 24 heavy (non-hydrogen) atoms. The van der Waals surface area contributed by atoms with Crippen molar-refractivity contribution in [3.8, 4) is 0 Å². The molecule has 2 amide bonds. The van der Waals surface area contributed by atoms with Crippen LogP contribution >= 0.6 is 27.7 Å². The molecule has 2 N–H and O–H groups in total. The lowest BCUT2D eigenvalue weighted by atomic mass is 9.86. The van der Waals surface area contributed by atoms with E-state index in [1.54, 1.807) is 39.0 Å². The molecule has 3 atom stereocenters. The lowest BCUT2D eigenvalue weighted by Gasteiger charge is -2.51. The van der Waals surface area contributed by atoms with Crippen LogP contribution in [0.3, 0.4) is 0 Å². The number of hydrogen-bond acceptors (Lipinski definition) is 4. The van der Waals surface area contributed by atoms with Crippen LogP contribution in [-0.2, 0) is 9.59 Å². The monoisotopic (exact) mass is 412 g/mol. The third-order valence-corrected chi connectivity index (χ3v) is 6.72. The molecule has 2 aliphatic rings. The minimum atomic E-state index is -1.11. The predicted molar refractivity (Wildman–Crippen MR) is 93.7 cm³/mol. The summed E-state index contributed by atoms with van der Waals surface area (Å²) in [6.45, 7) is 5.26. The number of rotatable bonds is 3. The van der Waals surface area contributed by atoms with Gasteiger partial charge < -0.3 is 15.3 Å². The molecular weight excluding hydrogens is 396 g/mol. The topological polar surface area (TPSA) is 86.7 Å². The van der Waals surface area contributed by atoms with E-state index in [-0.39, 0.29) is 11.8 Å². The third-order valence-electron chi connectivity index (χ3n) is 4.47. The average Bonchev–Trinajstić information content (AvgIpc) is 2.76. The molecule has 0 saturated carbocycles. The van der Waals surface area contributed by atoms with E-state index in [4.69, 9.17) is 0 Å². The summed E-state index contributed by atoms with van der Waals surface area (Å²) < 4.78 is 0.147. The first kappa shape index (κ1) is 17.3. The van der Waals surface area contributed by atoms with Gasteiger partial charge in [-0.3, -0.25) is 9.59 Å². The van der Waals surface area contributed by atoms with Crippen molar-refractivity contribution in [1.29, 1.82) is 0 Å². The SMILES string of the molecule is CC1(C)S[C@H]2N(C(=O)C2(C)NC(=O)c2cccc(Br)c2)[C@H]1C(=O)O. The molecule has 128 valence electrons. The summed E-state index contributed by atoms with van der Waals surface area (Å²) in [6, 6.07) is 5.99. The van der Waals surface area contributed by atoms with Crippen LogP contribution < -0.4 is 5.32 Å². The highest BCUT2D eigenvalue weighted by Gasteiger charge is 2.70. The maximum Gasteiger partial charge on any atom is 0.327 e. The van der Waals surface area contributed by atoms with Crippen LogP contribution in [0.4, 0.5) is 0 Å². The van der Waals surface area contributed by atoms with Crippen molar-refractivity contribution in [3.63, 3.8) is 0 Å². The van der Waals surface area contributed by atoms with Crippen molar-refractivity contribution < 1.29 is 19.5 Å². The summed E-state index contributed by atoms with van der Waals surface area (Å²) >= 11 is 4.72. The smallest absolute Gasteiger partial charge is 0.327 e. The molecule has 6 nitrogen and oxygen atoms in total. The van der Waals surface area contributed by atoms with Gasteiger partial charge in [0.2, 0.25) is 0 Å². The fourth-order valence-corrected chi connectivity index (χ4v) is 5.32. The number of carboxylic acids is 1. The molecule has 1 aromatic rings. The van der Waals surface area contributed by atoms with Gasteiger partial charge in [0.25, 0.3) is 11.8 Å². The number of benzene rings is 1. The zero-order valence-electron chi connectivity index (χ0n) is 13.4. The Balaban J connectivity index is 1.84. The van der Waals surface area contributed by atoms with Gasteiger partial charge in [0.05, 0.1) is 0 Å². The van der Waals surface area contributed by atoms with Crippen LogP contribution in [-0.4, -0.2) is 49.5 Å². The number of aliphatic carboxylic acids is 1. The molecule has 2 heterocycles. The van der Waals surface area contributed by atoms with E-state index in [1.807, 2.05) is 6.07 Å². The first-order valence-electron chi connectivity index (χ1n) is 7.39. The molecule has 0 bridgehead atoms. The zero-order valence-corrected chi connectivity index (χ0v) is 15.8. The van der Waals surface area contributed by atoms with Crippen molar-refractivity contribution >= 4 is 45.5 Å². The quantitative estimate of drug-likeness (QED) is 0.742. The van der Waals surface area contributed by atoms with Crippen LogP contribution in [0, 0.1) is 0 Å². The maximum absolute atomic E-state index is 12.6. The lowest BCUT2D eigenvalue weighted by Crippen LogP contribution is -2.78. The van der Waals surface area contributed by atoms with Gasteiger partial charge in [-0.1, -0.05) is 22.0 Å². The second kappa shape index (κ2) is 5.49. The van der Waals surface area contributed by atoms with Gasteiger partial charge in [-0.2, -0.15) is 0 Å². The van der Waals surface area contributed by atoms with Crippen LogP contribution in [0.25, 0.3) is 0 Å². The molecule has 3 rings (SSSR count). The summed E-state index contributed by atoms with van der Waals surface area (Å²) in [5.41, 5.74) is -0.667. The average molecular weight is 413 g/mol.